The lowest BCUT2D eigenvalue weighted by Gasteiger charge is -2.38. The van der Waals surface area contributed by atoms with Crippen molar-refractivity contribution in [1.82, 2.24) is 19.5 Å². The molecular weight excluding hydrogens is 449 g/mol. The zero-order valence-electron chi connectivity index (χ0n) is 18.8. The Kier molecular flexibility index (Phi) is 5.77. The number of aromatic amines is 1. The number of H-pyrrole nitrogens is 1. The summed E-state index contributed by atoms with van der Waals surface area (Å²) in [6, 6.07) is 4.66. The van der Waals surface area contributed by atoms with Crippen molar-refractivity contribution in [2.24, 2.45) is 5.92 Å². The van der Waals surface area contributed by atoms with E-state index < -0.39 is 27.8 Å². The molecular formula is C22H26FN5O4S. The fourth-order valence-corrected chi connectivity index (χ4v) is 4.79. The summed E-state index contributed by atoms with van der Waals surface area (Å²) in [5.74, 6) is -0.860. The summed E-state index contributed by atoms with van der Waals surface area (Å²) >= 11 is 0. The second kappa shape index (κ2) is 8.29. The number of amides is 1. The highest BCUT2D eigenvalue weighted by molar-refractivity contribution is 7.92. The fraction of sp³-hybridized carbons (Fsp3) is 0.409. The summed E-state index contributed by atoms with van der Waals surface area (Å²) in [5, 5.41) is 4.49. The van der Waals surface area contributed by atoms with Crippen molar-refractivity contribution < 1.29 is 17.6 Å². The van der Waals surface area contributed by atoms with Gasteiger partial charge in [-0.3, -0.25) is 14.3 Å². The highest BCUT2D eigenvalue weighted by Gasteiger charge is 2.34. The molecule has 11 heteroatoms. The van der Waals surface area contributed by atoms with Crippen LogP contribution in [0.1, 0.15) is 53.1 Å². The number of hydrogen-bond acceptors (Lipinski definition) is 5. The van der Waals surface area contributed by atoms with E-state index in [9.17, 15) is 22.4 Å². The Hall–Kier alpha value is -3.21. The number of nitrogens with zero attached hydrogens (tertiary/aromatic N) is 3. The van der Waals surface area contributed by atoms with Gasteiger partial charge < -0.3 is 9.88 Å². The lowest BCUT2D eigenvalue weighted by molar-refractivity contribution is 0.0552. The summed E-state index contributed by atoms with van der Waals surface area (Å²) in [5.41, 5.74) is 2.05. The molecule has 1 aliphatic rings. The van der Waals surface area contributed by atoms with Crippen LogP contribution in [-0.4, -0.2) is 46.6 Å². The Morgan fingerprint density at radius 3 is 2.70 bits per heavy atom. The minimum Gasteiger partial charge on any atom is -0.343 e. The molecule has 1 amide bonds. The van der Waals surface area contributed by atoms with Gasteiger partial charge in [-0.05, 0) is 50.8 Å². The molecule has 33 heavy (non-hydrogen) atoms. The molecule has 1 fully saturated rings. The van der Waals surface area contributed by atoms with Gasteiger partial charge in [0.15, 0.2) is 0 Å². The van der Waals surface area contributed by atoms with Crippen LogP contribution in [0.25, 0.3) is 5.65 Å². The van der Waals surface area contributed by atoms with Crippen molar-refractivity contribution in [1.29, 1.82) is 0 Å². The number of aryl methyl sites for hydroxylation is 1. The molecule has 0 bridgehead atoms. The molecule has 1 saturated heterocycles. The molecule has 176 valence electrons. The molecule has 2 atom stereocenters. The van der Waals surface area contributed by atoms with Gasteiger partial charge in [0, 0.05) is 23.9 Å². The normalized spacial score (nSPS) is 19.1. The van der Waals surface area contributed by atoms with E-state index in [1.165, 1.54) is 10.6 Å². The Labute approximate surface area is 190 Å². The van der Waals surface area contributed by atoms with E-state index in [-0.39, 0.29) is 16.8 Å². The molecule has 3 heterocycles. The predicted molar refractivity (Wildman–Crippen MR) is 122 cm³/mol. The largest absolute Gasteiger partial charge is 0.343 e. The molecule has 1 aliphatic heterocycles. The van der Waals surface area contributed by atoms with Crippen molar-refractivity contribution in [3.05, 3.63) is 63.0 Å². The summed E-state index contributed by atoms with van der Waals surface area (Å²) in [6.45, 7) is 5.98. The minimum atomic E-state index is -3.68. The summed E-state index contributed by atoms with van der Waals surface area (Å²) < 4.78 is 41.2. The van der Waals surface area contributed by atoms with E-state index >= 15 is 0 Å². The maximum Gasteiger partial charge on any atom is 0.277 e. The van der Waals surface area contributed by atoms with Crippen LogP contribution >= 0.6 is 0 Å². The van der Waals surface area contributed by atoms with Crippen LogP contribution in [0.5, 0.6) is 0 Å². The second-order valence-corrected chi connectivity index (χ2v) is 10.5. The molecule has 0 radical (unpaired) electrons. The van der Waals surface area contributed by atoms with Gasteiger partial charge in [0.25, 0.3) is 11.5 Å². The first-order valence-corrected chi connectivity index (χ1v) is 12.5. The maximum atomic E-state index is 14.0. The van der Waals surface area contributed by atoms with Crippen molar-refractivity contribution in [3.8, 4) is 0 Å². The monoisotopic (exact) mass is 475 g/mol. The van der Waals surface area contributed by atoms with E-state index in [1.54, 1.807) is 17.9 Å². The Morgan fingerprint density at radius 1 is 1.27 bits per heavy atom. The number of rotatable bonds is 4. The number of fused-ring (bicyclic) bond motifs is 1. The third-order valence-corrected chi connectivity index (χ3v) is 6.68. The van der Waals surface area contributed by atoms with Gasteiger partial charge >= 0.3 is 0 Å². The standard InChI is InChI=1S/C22H26FN5O4S/c1-12-7-8-27(22(30)16-10-15(23)5-6-17(16)26-33(4,31)32)19(9-12)18-11-20-24-14(3)13(2)21(29)28(20)25-18/h5-6,10-12,19,24,26H,7-9H2,1-4H3/t12-,19?/m1/s1. The number of carbonyl (C=O) groups excluding carboxylic acids is 1. The molecule has 1 unspecified atom stereocenters. The summed E-state index contributed by atoms with van der Waals surface area (Å²) in [7, 11) is -3.68. The number of halogens is 1. The fourth-order valence-electron chi connectivity index (χ4n) is 4.21. The SMILES string of the molecule is Cc1[nH]c2cc(C3C[C@H](C)CCN3C(=O)c3cc(F)ccc3NS(C)(=O)=O)nn2c(=O)c1C. The van der Waals surface area contributed by atoms with Crippen LogP contribution in [0.2, 0.25) is 0 Å². The van der Waals surface area contributed by atoms with E-state index in [0.717, 1.165) is 30.5 Å². The van der Waals surface area contributed by atoms with Gasteiger partial charge in [0.1, 0.15) is 11.5 Å². The molecule has 0 spiro atoms. The molecule has 2 aromatic heterocycles. The predicted octanol–water partition coefficient (Wildman–Crippen LogP) is 2.76. The smallest absolute Gasteiger partial charge is 0.277 e. The lowest BCUT2D eigenvalue weighted by atomic mass is 9.90. The van der Waals surface area contributed by atoms with Gasteiger partial charge in [0.2, 0.25) is 10.0 Å². The number of nitrogens with one attached hydrogen (secondary N) is 2. The molecule has 4 rings (SSSR count). The van der Waals surface area contributed by atoms with Crippen LogP contribution in [0.15, 0.2) is 29.1 Å². The van der Waals surface area contributed by atoms with Crippen molar-refractivity contribution in [2.75, 3.05) is 17.5 Å². The molecule has 2 N–H and O–H groups in total. The van der Waals surface area contributed by atoms with Crippen molar-refractivity contribution in [3.63, 3.8) is 0 Å². The van der Waals surface area contributed by atoms with Crippen LogP contribution < -0.4 is 10.3 Å². The Morgan fingerprint density at radius 2 is 2.00 bits per heavy atom. The first kappa shape index (κ1) is 23.0. The molecule has 0 saturated carbocycles. The van der Waals surface area contributed by atoms with Crippen LogP contribution in [0.4, 0.5) is 10.1 Å². The Balaban J connectivity index is 1.78. The van der Waals surface area contributed by atoms with Crippen molar-refractivity contribution >= 4 is 27.3 Å². The first-order chi connectivity index (χ1) is 15.4. The average Bonchev–Trinajstić information content (AvgIpc) is 3.16. The molecule has 1 aromatic carbocycles. The molecule has 3 aromatic rings. The molecule has 9 nitrogen and oxygen atoms in total. The van der Waals surface area contributed by atoms with Gasteiger partial charge in [-0.1, -0.05) is 6.92 Å². The number of hydrogen-bond donors (Lipinski definition) is 2. The van der Waals surface area contributed by atoms with Gasteiger partial charge in [0.05, 0.1) is 29.2 Å². The summed E-state index contributed by atoms with van der Waals surface area (Å²) in [6.07, 6.45) is 2.30. The number of piperidine rings is 1. The van der Waals surface area contributed by atoms with Gasteiger partial charge in [-0.2, -0.15) is 9.61 Å². The van der Waals surface area contributed by atoms with E-state index in [2.05, 4.69) is 21.7 Å². The second-order valence-electron chi connectivity index (χ2n) is 8.75. The number of benzene rings is 1. The number of sulfonamides is 1. The third kappa shape index (κ3) is 4.50. The van der Waals surface area contributed by atoms with Crippen LogP contribution in [0.3, 0.4) is 0 Å². The number of carbonyl (C=O) groups is 1. The van der Waals surface area contributed by atoms with E-state index in [1.807, 2.05) is 6.92 Å². The summed E-state index contributed by atoms with van der Waals surface area (Å²) in [4.78, 5) is 31.0. The quantitative estimate of drug-likeness (QED) is 0.602. The topological polar surface area (TPSA) is 117 Å². The first-order valence-electron chi connectivity index (χ1n) is 10.6. The zero-order valence-corrected chi connectivity index (χ0v) is 19.7. The number of anilines is 1. The third-order valence-electron chi connectivity index (χ3n) is 6.09. The van der Waals surface area contributed by atoms with Crippen LogP contribution in [0, 0.1) is 25.6 Å². The van der Waals surface area contributed by atoms with Crippen LogP contribution in [-0.2, 0) is 10.0 Å². The lowest BCUT2D eigenvalue weighted by Crippen LogP contribution is -2.41. The number of likely N-dealkylation sites (tertiary alicyclic amines) is 1. The molecule has 0 aliphatic carbocycles. The van der Waals surface area contributed by atoms with Gasteiger partial charge in [-0.15, -0.1) is 0 Å². The van der Waals surface area contributed by atoms with E-state index in [4.69, 9.17) is 0 Å². The highest BCUT2D eigenvalue weighted by atomic mass is 32.2. The average molecular weight is 476 g/mol. The minimum absolute atomic E-state index is 0.0118. The highest BCUT2D eigenvalue weighted by Crippen LogP contribution is 2.35. The maximum absolute atomic E-state index is 14.0. The van der Waals surface area contributed by atoms with E-state index in [0.29, 0.717) is 35.8 Å². The van der Waals surface area contributed by atoms with Crippen molar-refractivity contribution in [2.45, 2.75) is 39.7 Å². The zero-order chi connectivity index (χ0) is 24.1. The van der Waals surface area contributed by atoms with Gasteiger partial charge in [-0.25, -0.2) is 12.8 Å². The Bertz CT molecular complexity index is 1410. The number of aromatic nitrogens is 3.